The number of halogens is 1. The van der Waals surface area contributed by atoms with Crippen LogP contribution in [-0.4, -0.2) is 58.4 Å². The van der Waals surface area contributed by atoms with Gasteiger partial charge in [-0.05, 0) is 49.2 Å². The summed E-state index contributed by atoms with van der Waals surface area (Å²) in [7, 11) is -0.756. The van der Waals surface area contributed by atoms with Crippen LogP contribution in [0.15, 0.2) is 41.3 Å². The summed E-state index contributed by atoms with van der Waals surface area (Å²) in [4.78, 5) is 24.9. The van der Waals surface area contributed by atoms with Gasteiger partial charge >= 0.3 is 5.97 Å². The van der Waals surface area contributed by atoms with Crippen LogP contribution in [0.3, 0.4) is 0 Å². The van der Waals surface area contributed by atoms with Gasteiger partial charge in [-0.2, -0.15) is 4.31 Å². The molecule has 1 fully saturated rings. The third kappa shape index (κ3) is 5.23. The lowest BCUT2D eigenvalue weighted by Gasteiger charge is -2.25. The third-order valence-electron chi connectivity index (χ3n) is 5.13. The third-order valence-corrected chi connectivity index (χ3v) is 7.33. The number of esters is 1. The Kier molecular flexibility index (Phi) is 7.76. The van der Waals surface area contributed by atoms with E-state index >= 15 is 0 Å². The number of hydrogen-bond donors (Lipinski definition) is 0. The number of Topliss-reactive ketones (excluding diaryl/α,β-unsaturated/α-hetero) is 1. The van der Waals surface area contributed by atoms with Crippen LogP contribution in [0.2, 0.25) is 5.02 Å². The molecule has 0 radical (unpaired) electrons. The maximum Gasteiger partial charge on any atom is 0.338 e. The van der Waals surface area contributed by atoms with Crippen LogP contribution in [0.25, 0.3) is 0 Å². The number of sulfonamides is 1. The number of ketones is 1. The minimum Gasteiger partial charge on any atom is -0.493 e. The van der Waals surface area contributed by atoms with Crippen molar-refractivity contribution in [3.63, 3.8) is 0 Å². The maximum absolute atomic E-state index is 12.7. The van der Waals surface area contributed by atoms with Gasteiger partial charge in [-0.1, -0.05) is 18.0 Å². The average Bonchev–Trinajstić information content (AvgIpc) is 2.82. The molecule has 2 aromatic rings. The van der Waals surface area contributed by atoms with E-state index in [1.807, 2.05) is 0 Å². The van der Waals surface area contributed by atoms with E-state index in [9.17, 15) is 18.0 Å². The van der Waals surface area contributed by atoms with Gasteiger partial charge in [0, 0.05) is 18.7 Å². The molecule has 1 aliphatic rings. The van der Waals surface area contributed by atoms with Gasteiger partial charge in [-0.3, -0.25) is 4.79 Å². The van der Waals surface area contributed by atoms with Crippen LogP contribution >= 0.6 is 11.6 Å². The van der Waals surface area contributed by atoms with Crippen molar-refractivity contribution in [3.05, 3.63) is 52.5 Å². The zero-order chi connectivity index (χ0) is 23.3. The Morgan fingerprint density at radius 3 is 2.22 bits per heavy atom. The molecule has 1 saturated heterocycles. The van der Waals surface area contributed by atoms with Crippen LogP contribution in [-0.2, 0) is 14.8 Å². The summed E-state index contributed by atoms with van der Waals surface area (Å²) in [5.41, 5.74) is 0.337. The molecule has 0 spiro atoms. The quantitative estimate of drug-likeness (QED) is 0.419. The summed E-state index contributed by atoms with van der Waals surface area (Å²) in [6.45, 7) is 0.487. The van der Waals surface area contributed by atoms with E-state index in [0.717, 1.165) is 19.3 Å². The monoisotopic (exact) mass is 481 g/mol. The molecule has 0 atom stereocenters. The van der Waals surface area contributed by atoms with E-state index in [1.165, 1.54) is 54.9 Å². The summed E-state index contributed by atoms with van der Waals surface area (Å²) < 4.78 is 42.2. The van der Waals surface area contributed by atoms with E-state index in [4.69, 9.17) is 25.8 Å². The first-order chi connectivity index (χ1) is 15.3. The van der Waals surface area contributed by atoms with Crippen molar-refractivity contribution in [1.29, 1.82) is 0 Å². The minimum atomic E-state index is -3.58. The first kappa shape index (κ1) is 24.0. The molecule has 2 aromatic carbocycles. The van der Waals surface area contributed by atoms with Crippen molar-refractivity contribution in [1.82, 2.24) is 4.31 Å². The second kappa shape index (κ2) is 10.3. The summed E-state index contributed by atoms with van der Waals surface area (Å²) in [6.07, 6.45) is 2.70. The number of methoxy groups -OCH3 is 2. The Bertz CT molecular complexity index is 1090. The van der Waals surface area contributed by atoms with Crippen LogP contribution in [0.1, 0.15) is 40.0 Å². The van der Waals surface area contributed by atoms with Crippen molar-refractivity contribution in [2.75, 3.05) is 33.9 Å². The van der Waals surface area contributed by atoms with E-state index in [0.29, 0.717) is 13.1 Å². The number of piperidine rings is 1. The summed E-state index contributed by atoms with van der Waals surface area (Å²) in [5.74, 6) is -0.692. The zero-order valence-corrected chi connectivity index (χ0v) is 19.4. The highest BCUT2D eigenvalue weighted by Gasteiger charge is 2.26. The van der Waals surface area contributed by atoms with Crippen molar-refractivity contribution < 1.29 is 32.2 Å². The first-order valence-corrected chi connectivity index (χ1v) is 11.8. The molecule has 0 N–H and O–H groups in total. The molecular weight excluding hydrogens is 458 g/mol. The zero-order valence-electron chi connectivity index (χ0n) is 17.8. The molecule has 0 aromatic heterocycles. The normalized spacial score (nSPS) is 14.6. The number of ether oxygens (including phenoxy) is 3. The molecule has 0 aliphatic carbocycles. The van der Waals surface area contributed by atoms with Gasteiger partial charge in [0.1, 0.15) is 0 Å². The topological polar surface area (TPSA) is 99.2 Å². The molecule has 0 amide bonds. The second-order valence-corrected chi connectivity index (χ2v) is 9.53. The van der Waals surface area contributed by atoms with E-state index in [-0.39, 0.29) is 32.5 Å². The summed E-state index contributed by atoms with van der Waals surface area (Å²) in [6, 6.07) is 8.38. The highest BCUT2D eigenvalue weighted by atomic mass is 35.5. The number of hydrogen-bond acceptors (Lipinski definition) is 7. The number of rotatable bonds is 8. The molecular formula is C22H24ClNO7S. The van der Waals surface area contributed by atoms with Crippen LogP contribution < -0.4 is 9.47 Å². The van der Waals surface area contributed by atoms with E-state index in [2.05, 4.69) is 0 Å². The lowest BCUT2D eigenvalue weighted by molar-refractivity contribution is 0.0474. The summed E-state index contributed by atoms with van der Waals surface area (Å²) in [5, 5.41) is 0.163. The lowest BCUT2D eigenvalue weighted by Crippen LogP contribution is -2.35. The smallest absolute Gasteiger partial charge is 0.338 e. The predicted octanol–water partition coefficient (Wildman–Crippen LogP) is 3.57. The van der Waals surface area contributed by atoms with Crippen LogP contribution in [0, 0.1) is 0 Å². The van der Waals surface area contributed by atoms with Gasteiger partial charge in [0.2, 0.25) is 10.0 Å². The fraction of sp³-hybridized carbons (Fsp3) is 0.364. The Morgan fingerprint density at radius 2 is 1.62 bits per heavy atom. The molecule has 1 heterocycles. The number of nitrogens with zero attached hydrogens (tertiary/aromatic N) is 1. The largest absolute Gasteiger partial charge is 0.493 e. The Hall–Kier alpha value is -2.62. The highest BCUT2D eigenvalue weighted by Crippen LogP contribution is 2.36. The molecule has 172 valence electrons. The molecule has 3 rings (SSSR count). The summed E-state index contributed by atoms with van der Waals surface area (Å²) >= 11 is 6.09. The van der Waals surface area contributed by atoms with E-state index < -0.39 is 28.4 Å². The van der Waals surface area contributed by atoms with Gasteiger partial charge in [-0.15, -0.1) is 0 Å². The number of carbonyl (C=O) groups is 2. The van der Waals surface area contributed by atoms with Gasteiger partial charge in [0.15, 0.2) is 23.9 Å². The molecule has 0 unspecified atom stereocenters. The Labute approximate surface area is 192 Å². The SMILES string of the molecule is COc1cc(C(=O)OCC(=O)c2ccc(S(=O)(=O)N3CCCCC3)cc2)cc(Cl)c1OC. The van der Waals surface area contributed by atoms with Crippen molar-refractivity contribution in [2.24, 2.45) is 0 Å². The van der Waals surface area contributed by atoms with Crippen LogP contribution in [0.5, 0.6) is 11.5 Å². The number of carbonyl (C=O) groups excluding carboxylic acids is 2. The molecule has 8 nitrogen and oxygen atoms in total. The van der Waals surface area contributed by atoms with Gasteiger partial charge in [-0.25, -0.2) is 13.2 Å². The fourth-order valence-corrected chi connectivity index (χ4v) is 5.21. The van der Waals surface area contributed by atoms with Gasteiger partial charge in [0.25, 0.3) is 0 Å². The van der Waals surface area contributed by atoms with Gasteiger partial charge < -0.3 is 14.2 Å². The molecule has 0 bridgehead atoms. The van der Waals surface area contributed by atoms with Crippen LogP contribution in [0.4, 0.5) is 0 Å². The molecule has 10 heteroatoms. The van der Waals surface area contributed by atoms with Gasteiger partial charge in [0.05, 0.1) is 29.7 Å². The highest BCUT2D eigenvalue weighted by molar-refractivity contribution is 7.89. The Morgan fingerprint density at radius 1 is 0.969 bits per heavy atom. The van der Waals surface area contributed by atoms with Crippen molar-refractivity contribution >= 4 is 33.4 Å². The van der Waals surface area contributed by atoms with Crippen molar-refractivity contribution in [2.45, 2.75) is 24.2 Å². The van der Waals surface area contributed by atoms with Crippen molar-refractivity contribution in [3.8, 4) is 11.5 Å². The maximum atomic E-state index is 12.7. The number of benzene rings is 2. The average molecular weight is 482 g/mol. The minimum absolute atomic E-state index is 0.100. The van der Waals surface area contributed by atoms with E-state index in [1.54, 1.807) is 0 Å². The predicted molar refractivity (Wildman–Crippen MR) is 118 cm³/mol. The lowest BCUT2D eigenvalue weighted by atomic mass is 10.1. The first-order valence-electron chi connectivity index (χ1n) is 10.00. The fourth-order valence-electron chi connectivity index (χ4n) is 3.40. The molecule has 0 saturated carbocycles. The second-order valence-electron chi connectivity index (χ2n) is 7.18. The standard InChI is InChI=1S/C22H24ClNO7S/c1-29-20-13-16(12-18(23)21(20)30-2)22(26)31-14-19(25)15-6-8-17(9-7-15)32(27,28)24-10-4-3-5-11-24/h6-9,12-13H,3-5,10-11,14H2,1-2H3. The molecule has 1 aliphatic heterocycles. The molecule has 32 heavy (non-hydrogen) atoms. The Balaban J connectivity index is 1.65.